The van der Waals surface area contributed by atoms with Gasteiger partial charge in [0, 0.05) is 12.4 Å². The number of hydrogen-bond acceptors (Lipinski definition) is 3. The molecule has 0 aliphatic carbocycles. The number of hydrogen-bond donors (Lipinski definition) is 0. The third kappa shape index (κ3) is 1.82. The van der Waals surface area contributed by atoms with Crippen LogP contribution in [-0.4, -0.2) is 9.36 Å². The normalized spacial score (nSPS) is 10.8. The van der Waals surface area contributed by atoms with Crippen LogP contribution in [-0.2, 0) is 0 Å². The van der Waals surface area contributed by atoms with E-state index in [9.17, 15) is 0 Å². The molecule has 0 spiro atoms. The van der Waals surface area contributed by atoms with Gasteiger partial charge >= 0.3 is 0 Å². The molecule has 3 heteroatoms. The molecular formula is C11H12N2S. The van der Waals surface area contributed by atoms with Gasteiger partial charge in [-0.15, -0.1) is 0 Å². The van der Waals surface area contributed by atoms with E-state index in [0.29, 0.717) is 5.92 Å². The molecule has 0 bridgehead atoms. The SMILES string of the molecule is CC(C)c1ccc(-c2ccns2)nc1. The summed E-state index contributed by atoms with van der Waals surface area (Å²) in [5.74, 6) is 0.540. The molecule has 0 aliphatic rings. The Hall–Kier alpha value is -1.22. The summed E-state index contributed by atoms with van der Waals surface area (Å²) in [6, 6.07) is 6.18. The molecular weight excluding hydrogens is 192 g/mol. The van der Waals surface area contributed by atoms with Gasteiger partial charge in [0.25, 0.3) is 0 Å². The lowest BCUT2D eigenvalue weighted by Crippen LogP contribution is -1.89. The molecule has 0 radical (unpaired) electrons. The molecule has 2 heterocycles. The average Bonchev–Trinajstić information content (AvgIpc) is 2.71. The summed E-state index contributed by atoms with van der Waals surface area (Å²) in [6.45, 7) is 4.34. The molecule has 0 saturated carbocycles. The maximum atomic E-state index is 4.41. The van der Waals surface area contributed by atoms with Crippen molar-refractivity contribution in [3.05, 3.63) is 36.2 Å². The predicted molar refractivity (Wildman–Crippen MR) is 59.4 cm³/mol. The molecule has 2 aromatic rings. The largest absolute Gasteiger partial charge is 0.255 e. The summed E-state index contributed by atoms with van der Waals surface area (Å²) >= 11 is 1.48. The fourth-order valence-corrected chi connectivity index (χ4v) is 1.81. The first-order valence-electron chi connectivity index (χ1n) is 4.64. The highest BCUT2D eigenvalue weighted by Gasteiger charge is 2.02. The van der Waals surface area contributed by atoms with Crippen LogP contribution in [0.5, 0.6) is 0 Å². The minimum absolute atomic E-state index is 0.540. The Morgan fingerprint density at radius 3 is 2.57 bits per heavy atom. The van der Waals surface area contributed by atoms with Crippen molar-refractivity contribution in [3.63, 3.8) is 0 Å². The molecule has 72 valence electrons. The number of pyridine rings is 1. The minimum atomic E-state index is 0.540. The third-order valence-electron chi connectivity index (χ3n) is 2.14. The second kappa shape index (κ2) is 3.88. The van der Waals surface area contributed by atoms with Gasteiger partial charge in [0.2, 0.25) is 0 Å². The van der Waals surface area contributed by atoms with Gasteiger partial charge < -0.3 is 0 Å². The van der Waals surface area contributed by atoms with E-state index in [-0.39, 0.29) is 0 Å². The molecule has 2 nitrogen and oxygen atoms in total. The highest BCUT2D eigenvalue weighted by Crippen LogP contribution is 2.22. The van der Waals surface area contributed by atoms with Crippen LogP contribution in [0, 0.1) is 0 Å². The van der Waals surface area contributed by atoms with E-state index in [4.69, 9.17) is 0 Å². The van der Waals surface area contributed by atoms with Gasteiger partial charge in [-0.2, -0.15) is 0 Å². The Labute approximate surface area is 87.8 Å². The van der Waals surface area contributed by atoms with Gasteiger partial charge in [0.05, 0.1) is 10.6 Å². The monoisotopic (exact) mass is 204 g/mol. The van der Waals surface area contributed by atoms with Crippen molar-refractivity contribution >= 4 is 11.5 Å². The molecule has 0 aromatic carbocycles. The van der Waals surface area contributed by atoms with E-state index < -0.39 is 0 Å². The van der Waals surface area contributed by atoms with Gasteiger partial charge in [0.1, 0.15) is 0 Å². The van der Waals surface area contributed by atoms with Crippen LogP contribution in [0.25, 0.3) is 10.6 Å². The third-order valence-corrected chi connectivity index (χ3v) is 2.91. The van der Waals surface area contributed by atoms with Gasteiger partial charge in [0.15, 0.2) is 0 Å². The van der Waals surface area contributed by atoms with Crippen LogP contribution in [0.4, 0.5) is 0 Å². The molecule has 14 heavy (non-hydrogen) atoms. The smallest absolute Gasteiger partial charge is 0.0818 e. The van der Waals surface area contributed by atoms with Crippen LogP contribution >= 0.6 is 11.5 Å². The number of nitrogens with zero attached hydrogens (tertiary/aromatic N) is 2. The van der Waals surface area contributed by atoms with Gasteiger partial charge in [-0.1, -0.05) is 19.9 Å². The number of rotatable bonds is 2. The van der Waals surface area contributed by atoms with Crippen LogP contribution in [0.1, 0.15) is 25.3 Å². The first-order valence-corrected chi connectivity index (χ1v) is 5.41. The zero-order valence-electron chi connectivity index (χ0n) is 8.27. The first-order chi connectivity index (χ1) is 6.77. The van der Waals surface area contributed by atoms with Crippen LogP contribution in [0.3, 0.4) is 0 Å². The highest BCUT2D eigenvalue weighted by molar-refractivity contribution is 7.09. The summed E-state index contributed by atoms with van der Waals surface area (Å²) in [5.41, 5.74) is 2.29. The molecule has 0 atom stereocenters. The van der Waals surface area contributed by atoms with Crippen molar-refractivity contribution in [2.45, 2.75) is 19.8 Å². The van der Waals surface area contributed by atoms with E-state index in [0.717, 1.165) is 10.6 Å². The second-order valence-electron chi connectivity index (χ2n) is 3.51. The lowest BCUT2D eigenvalue weighted by atomic mass is 10.1. The minimum Gasteiger partial charge on any atom is -0.255 e. The Balaban J connectivity index is 2.31. The average molecular weight is 204 g/mol. The van der Waals surface area contributed by atoms with E-state index in [2.05, 4.69) is 35.3 Å². The van der Waals surface area contributed by atoms with E-state index >= 15 is 0 Å². The molecule has 0 fully saturated rings. The lowest BCUT2D eigenvalue weighted by molar-refractivity contribution is 0.859. The standard InChI is InChI=1S/C11H12N2S/c1-8(2)9-3-4-10(12-7-9)11-5-6-13-14-11/h3-8H,1-2H3. The summed E-state index contributed by atoms with van der Waals surface area (Å²) < 4.78 is 4.06. The fraction of sp³-hybridized carbons (Fsp3) is 0.273. The maximum absolute atomic E-state index is 4.41. The van der Waals surface area contributed by atoms with Gasteiger partial charge in [-0.05, 0) is 35.1 Å². The molecule has 0 N–H and O–H groups in total. The molecule has 0 amide bonds. The summed E-state index contributed by atoms with van der Waals surface area (Å²) in [5, 5.41) is 0. The van der Waals surface area contributed by atoms with Crippen molar-refractivity contribution in [3.8, 4) is 10.6 Å². The van der Waals surface area contributed by atoms with Crippen molar-refractivity contribution in [1.82, 2.24) is 9.36 Å². The molecule has 0 saturated heterocycles. The van der Waals surface area contributed by atoms with E-state index in [1.165, 1.54) is 17.1 Å². The Morgan fingerprint density at radius 2 is 2.07 bits per heavy atom. The lowest BCUT2D eigenvalue weighted by Gasteiger charge is -2.04. The highest BCUT2D eigenvalue weighted by atomic mass is 32.1. The van der Waals surface area contributed by atoms with Crippen LogP contribution in [0.2, 0.25) is 0 Å². The van der Waals surface area contributed by atoms with Crippen molar-refractivity contribution < 1.29 is 0 Å². The Morgan fingerprint density at radius 1 is 1.21 bits per heavy atom. The zero-order chi connectivity index (χ0) is 9.97. The Kier molecular flexibility index (Phi) is 2.59. The van der Waals surface area contributed by atoms with Crippen LogP contribution in [0.15, 0.2) is 30.6 Å². The van der Waals surface area contributed by atoms with E-state index in [1.54, 1.807) is 6.20 Å². The maximum Gasteiger partial charge on any atom is 0.0818 e. The van der Waals surface area contributed by atoms with Crippen LogP contribution < -0.4 is 0 Å². The zero-order valence-corrected chi connectivity index (χ0v) is 9.08. The molecule has 0 aliphatic heterocycles. The molecule has 0 unspecified atom stereocenters. The topological polar surface area (TPSA) is 25.8 Å². The summed E-state index contributed by atoms with van der Waals surface area (Å²) in [7, 11) is 0. The molecule has 2 aromatic heterocycles. The first kappa shape index (κ1) is 9.34. The summed E-state index contributed by atoms with van der Waals surface area (Å²) in [4.78, 5) is 5.54. The van der Waals surface area contributed by atoms with E-state index in [1.807, 2.05) is 12.3 Å². The fourth-order valence-electron chi connectivity index (χ4n) is 1.24. The quantitative estimate of drug-likeness (QED) is 0.750. The van der Waals surface area contributed by atoms with Crippen molar-refractivity contribution in [2.75, 3.05) is 0 Å². The summed E-state index contributed by atoms with van der Waals surface area (Å²) in [6.07, 6.45) is 3.75. The predicted octanol–water partition coefficient (Wildman–Crippen LogP) is 3.33. The van der Waals surface area contributed by atoms with Crippen molar-refractivity contribution in [1.29, 1.82) is 0 Å². The second-order valence-corrected chi connectivity index (χ2v) is 4.34. The number of aromatic nitrogens is 2. The van der Waals surface area contributed by atoms with Gasteiger partial charge in [-0.25, -0.2) is 4.37 Å². The molecule has 2 rings (SSSR count). The Bertz CT molecular complexity index is 390. The van der Waals surface area contributed by atoms with Gasteiger partial charge in [-0.3, -0.25) is 4.98 Å². The van der Waals surface area contributed by atoms with Crippen molar-refractivity contribution in [2.24, 2.45) is 0 Å².